The third-order valence-electron chi connectivity index (χ3n) is 3.10. The van der Waals surface area contributed by atoms with E-state index in [1.807, 2.05) is 12.1 Å². The van der Waals surface area contributed by atoms with Gasteiger partial charge in [-0.3, -0.25) is 16.3 Å². The summed E-state index contributed by atoms with van der Waals surface area (Å²) < 4.78 is 5.23. The zero-order valence-electron chi connectivity index (χ0n) is 11.1. The second kappa shape index (κ2) is 6.26. The normalized spacial score (nSPS) is 12.2. The lowest BCUT2D eigenvalue weighted by atomic mass is 9.99. The van der Waals surface area contributed by atoms with Gasteiger partial charge in [-0.05, 0) is 24.5 Å². The lowest BCUT2D eigenvalue weighted by Crippen LogP contribution is -2.31. The molecule has 0 spiro atoms. The molecule has 0 bridgehead atoms. The summed E-state index contributed by atoms with van der Waals surface area (Å²) in [5.74, 6) is 6.15. The van der Waals surface area contributed by atoms with Crippen LogP contribution in [-0.4, -0.2) is 17.1 Å². The smallest absolute Gasteiger partial charge is 0.237 e. The molecule has 1 aromatic heterocycles. The molecule has 2 aromatic rings. The molecule has 1 heterocycles. The number of ether oxygens (including phenoxy) is 1. The van der Waals surface area contributed by atoms with E-state index in [2.05, 4.69) is 34.5 Å². The molecular weight excluding hydrogens is 240 g/mol. The number of rotatable bonds is 5. The van der Waals surface area contributed by atoms with E-state index in [-0.39, 0.29) is 6.04 Å². The monoisotopic (exact) mass is 258 g/mol. The SMILES string of the molecule is COc1nccnc1C(Cc1ccccc1C)NN. The van der Waals surface area contributed by atoms with Crippen molar-refractivity contribution in [2.24, 2.45) is 5.84 Å². The van der Waals surface area contributed by atoms with Crippen molar-refractivity contribution in [1.82, 2.24) is 15.4 Å². The Kier molecular flexibility index (Phi) is 4.43. The van der Waals surface area contributed by atoms with Crippen molar-refractivity contribution in [1.29, 1.82) is 0 Å². The summed E-state index contributed by atoms with van der Waals surface area (Å²) in [7, 11) is 1.58. The maximum Gasteiger partial charge on any atom is 0.237 e. The Bertz CT molecular complexity index is 544. The molecule has 0 radical (unpaired) electrons. The largest absolute Gasteiger partial charge is 0.480 e. The summed E-state index contributed by atoms with van der Waals surface area (Å²) >= 11 is 0. The molecule has 0 aliphatic rings. The minimum Gasteiger partial charge on any atom is -0.480 e. The van der Waals surface area contributed by atoms with Gasteiger partial charge >= 0.3 is 0 Å². The quantitative estimate of drug-likeness (QED) is 0.628. The summed E-state index contributed by atoms with van der Waals surface area (Å²) in [5.41, 5.74) is 5.95. The van der Waals surface area contributed by atoms with Gasteiger partial charge in [-0.2, -0.15) is 0 Å². The van der Waals surface area contributed by atoms with Crippen LogP contribution in [0.25, 0.3) is 0 Å². The zero-order chi connectivity index (χ0) is 13.7. The Morgan fingerprint density at radius 1 is 1.26 bits per heavy atom. The first-order valence-corrected chi connectivity index (χ1v) is 6.11. The van der Waals surface area contributed by atoms with E-state index < -0.39 is 0 Å². The van der Waals surface area contributed by atoms with E-state index in [1.54, 1.807) is 19.5 Å². The Morgan fingerprint density at radius 2 is 2.00 bits per heavy atom. The number of nitrogens with zero attached hydrogens (tertiary/aromatic N) is 2. The first kappa shape index (κ1) is 13.5. The minimum absolute atomic E-state index is 0.134. The fraction of sp³-hybridized carbons (Fsp3) is 0.286. The Hall–Kier alpha value is -1.98. The predicted molar refractivity (Wildman–Crippen MR) is 73.5 cm³/mol. The topological polar surface area (TPSA) is 73.1 Å². The molecular formula is C14H18N4O. The molecule has 19 heavy (non-hydrogen) atoms. The molecule has 5 nitrogen and oxygen atoms in total. The molecule has 0 aliphatic heterocycles. The van der Waals surface area contributed by atoms with Gasteiger partial charge in [0.1, 0.15) is 5.69 Å². The van der Waals surface area contributed by atoms with Gasteiger partial charge in [0.15, 0.2) is 0 Å². The van der Waals surface area contributed by atoms with E-state index in [0.29, 0.717) is 5.88 Å². The highest BCUT2D eigenvalue weighted by molar-refractivity contribution is 5.29. The average molecular weight is 258 g/mol. The number of hydrogen-bond donors (Lipinski definition) is 2. The fourth-order valence-electron chi connectivity index (χ4n) is 2.03. The van der Waals surface area contributed by atoms with Gasteiger partial charge in [-0.15, -0.1) is 0 Å². The summed E-state index contributed by atoms with van der Waals surface area (Å²) in [6.45, 7) is 2.08. The Labute approximate surface area is 112 Å². The molecule has 0 fully saturated rings. The van der Waals surface area contributed by atoms with Crippen molar-refractivity contribution in [2.45, 2.75) is 19.4 Å². The van der Waals surface area contributed by atoms with E-state index in [0.717, 1.165) is 12.1 Å². The molecule has 0 saturated carbocycles. The van der Waals surface area contributed by atoms with Crippen LogP contribution in [0.5, 0.6) is 5.88 Å². The summed E-state index contributed by atoms with van der Waals surface area (Å²) in [5, 5.41) is 0. The van der Waals surface area contributed by atoms with Crippen molar-refractivity contribution < 1.29 is 4.74 Å². The van der Waals surface area contributed by atoms with Crippen LogP contribution in [0, 0.1) is 6.92 Å². The van der Waals surface area contributed by atoms with Crippen LogP contribution in [0.2, 0.25) is 0 Å². The van der Waals surface area contributed by atoms with E-state index >= 15 is 0 Å². The van der Waals surface area contributed by atoms with Crippen LogP contribution in [0.1, 0.15) is 22.9 Å². The number of nitrogens with one attached hydrogen (secondary N) is 1. The van der Waals surface area contributed by atoms with Gasteiger partial charge in [0.25, 0.3) is 0 Å². The zero-order valence-corrected chi connectivity index (χ0v) is 11.1. The number of benzene rings is 1. The predicted octanol–water partition coefficient (Wildman–Crippen LogP) is 1.54. The van der Waals surface area contributed by atoms with Crippen molar-refractivity contribution in [3.8, 4) is 5.88 Å². The maximum absolute atomic E-state index is 5.65. The Balaban J connectivity index is 2.28. The van der Waals surface area contributed by atoms with Gasteiger partial charge in [-0.25, -0.2) is 4.98 Å². The summed E-state index contributed by atoms with van der Waals surface area (Å²) in [6, 6.07) is 8.07. The van der Waals surface area contributed by atoms with Gasteiger partial charge in [-0.1, -0.05) is 24.3 Å². The van der Waals surface area contributed by atoms with Gasteiger partial charge in [0, 0.05) is 12.4 Å². The third kappa shape index (κ3) is 3.07. The molecule has 2 rings (SSSR count). The highest BCUT2D eigenvalue weighted by Gasteiger charge is 2.18. The van der Waals surface area contributed by atoms with E-state index in [4.69, 9.17) is 10.6 Å². The molecule has 100 valence electrons. The van der Waals surface area contributed by atoms with Crippen LogP contribution in [0.4, 0.5) is 0 Å². The first-order chi connectivity index (χ1) is 9.26. The van der Waals surface area contributed by atoms with Gasteiger partial charge < -0.3 is 4.74 Å². The highest BCUT2D eigenvalue weighted by atomic mass is 16.5. The Morgan fingerprint density at radius 3 is 2.68 bits per heavy atom. The molecule has 1 aromatic carbocycles. The molecule has 1 unspecified atom stereocenters. The minimum atomic E-state index is -0.134. The molecule has 5 heteroatoms. The number of hydrogen-bond acceptors (Lipinski definition) is 5. The summed E-state index contributed by atoms with van der Waals surface area (Å²) in [4.78, 5) is 8.47. The number of hydrazine groups is 1. The molecule has 3 N–H and O–H groups in total. The first-order valence-electron chi connectivity index (χ1n) is 6.11. The highest BCUT2D eigenvalue weighted by Crippen LogP contribution is 2.23. The van der Waals surface area contributed by atoms with Gasteiger partial charge in [0.2, 0.25) is 5.88 Å². The van der Waals surface area contributed by atoms with Crippen molar-refractivity contribution in [2.75, 3.05) is 7.11 Å². The summed E-state index contributed by atoms with van der Waals surface area (Å²) in [6.07, 6.45) is 3.97. The maximum atomic E-state index is 5.65. The lowest BCUT2D eigenvalue weighted by Gasteiger charge is -2.18. The number of methoxy groups -OCH3 is 1. The van der Waals surface area contributed by atoms with Crippen LogP contribution < -0.4 is 16.0 Å². The van der Waals surface area contributed by atoms with Crippen LogP contribution in [0.15, 0.2) is 36.7 Å². The average Bonchev–Trinajstić information content (AvgIpc) is 2.46. The molecule has 0 aliphatic carbocycles. The second-order valence-corrected chi connectivity index (χ2v) is 4.30. The van der Waals surface area contributed by atoms with E-state index in [1.165, 1.54) is 11.1 Å². The van der Waals surface area contributed by atoms with Crippen LogP contribution in [-0.2, 0) is 6.42 Å². The van der Waals surface area contributed by atoms with Crippen LogP contribution in [0.3, 0.4) is 0 Å². The number of nitrogens with two attached hydrogens (primary N) is 1. The lowest BCUT2D eigenvalue weighted by molar-refractivity contribution is 0.377. The fourth-order valence-corrected chi connectivity index (χ4v) is 2.03. The van der Waals surface area contributed by atoms with Crippen LogP contribution >= 0.6 is 0 Å². The molecule has 1 atom stereocenters. The van der Waals surface area contributed by atoms with Crippen molar-refractivity contribution >= 4 is 0 Å². The van der Waals surface area contributed by atoms with E-state index in [9.17, 15) is 0 Å². The third-order valence-corrected chi connectivity index (χ3v) is 3.10. The van der Waals surface area contributed by atoms with Crippen molar-refractivity contribution in [3.63, 3.8) is 0 Å². The number of aryl methyl sites for hydroxylation is 1. The van der Waals surface area contributed by atoms with Crippen molar-refractivity contribution in [3.05, 3.63) is 53.5 Å². The standard InChI is InChI=1S/C14H18N4O/c1-10-5-3-4-6-11(10)9-12(18-15)13-14(19-2)17-8-7-16-13/h3-8,12,18H,9,15H2,1-2H3. The van der Waals surface area contributed by atoms with Gasteiger partial charge in [0.05, 0.1) is 13.2 Å². The number of aromatic nitrogens is 2. The second-order valence-electron chi connectivity index (χ2n) is 4.30. The molecule has 0 amide bonds. The molecule has 0 saturated heterocycles.